The maximum absolute atomic E-state index is 12.6. The minimum absolute atomic E-state index is 0.179. The molecular weight excluding hydrogens is 446 g/mol. The van der Waals surface area contributed by atoms with E-state index in [0.29, 0.717) is 11.2 Å². The molecule has 0 spiro atoms. The van der Waals surface area contributed by atoms with Crippen LogP contribution in [-0.2, 0) is 0 Å². The van der Waals surface area contributed by atoms with Crippen LogP contribution in [0.1, 0.15) is 32.4 Å². The van der Waals surface area contributed by atoms with Crippen molar-refractivity contribution < 1.29 is 4.74 Å². The number of thiazole rings is 1. The third-order valence-electron chi connectivity index (χ3n) is 5.68. The number of anilines is 2. The lowest BCUT2D eigenvalue weighted by molar-refractivity contribution is 0.114. The number of rotatable bonds is 5. The summed E-state index contributed by atoms with van der Waals surface area (Å²) in [5, 5.41) is 7.49. The van der Waals surface area contributed by atoms with E-state index < -0.39 is 0 Å². The SMILES string of the molecule is CC.Cc1csc(-c2cc3cc[nH]c(=O)c3c(Nc3ccc(OC4CCN(C)CC4)cc3)n2)n1. The van der Waals surface area contributed by atoms with E-state index in [9.17, 15) is 4.79 Å². The lowest BCUT2D eigenvalue weighted by Crippen LogP contribution is -2.35. The number of likely N-dealkylation sites (tertiary alicyclic amines) is 1. The Morgan fingerprint density at radius 1 is 1.12 bits per heavy atom. The zero-order valence-electron chi connectivity index (χ0n) is 20.1. The quantitative estimate of drug-likeness (QED) is 0.389. The second-order valence-electron chi connectivity index (χ2n) is 8.19. The van der Waals surface area contributed by atoms with Crippen molar-refractivity contribution >= 4 is 33.6 Å². The summed E-state index contributed by atoms with van der Waals surface area (Å²) in [4.78, 5) is 26.9. The number of pyridine rings is 2. The van der Waals surface area contributed by atoms with E-state index in [1.807, 2.05) is 62.5 Å². The molecule has 8 heteroatoms. The van der Waals surface area contributed by atoms with Crippen LogP contribution in [0.25, 0.3) is 21.5 Å². The van der Waals surface area contributed by atoms with Gasteiger partial charge in [-0.1, -0.05) is 13.8 Å². The van der Waals surface area contributed by atoms with Crippen molar-refractivity contribution in [2.75, 3.05) is 25.5 Å². The first-order valence-corrected chi connectivity index (χ1v) is 12.6. The van der Waals surface area contributed by atoms with Crippen LogP contribution in [0.4, 0.5) is 11.5 Å². The lowest BCUT2D eigenvalue weighted by atomic mass is 10.1. The van der Waals surface area contributed by atoms with E-state index in [1.54, 1.807) is 17.5 Å². The van der Waals surface area contributed by atoms with Gasteiger partial charge in [0.2, 0.25) is 0 Å². The Morgan fingerprint density at radius 2 is 1.85 bits per heavy atom. The number of piperidine rings is 1. The highest BCUT2D eigenvalue weighted by atomic mass is 32.1. The van der Waals surface area contributed by atoms with Crippen molar-refractivity contribution in [2.24, 2.45) is 0 Å². The van der Waals surface area contributed by atoms with Gasteiger partial charge < -0.3 is 19.9 Å². The predicted octanol–water partition coefficient (Wildman–Crippen LogP) is 5.60. The highest BCUT2D eigenvalue weighted by Gasteiger charge is 2.18. The standard InChI is InChI=1S/C24H25N5O2S.C2H6/c1-15-14-32-24(26-15)20-13-16-7-10-25-23(30)21(16)22(28-20)27-17-3-5-18(6-4-17)31-19-8-11-29(2)12-9-19;1-2/h3-7,10,13-14,19H,8-9,11-12H2,1-2H3,(H,25,30)(H,27,28);1-2H3. The van der Waals surface area contributed by atoms with Crippen LogP contribution in [0, 0.1) is 6.92 Å². The van der Waals surface area contributed by atoms with E-state index in [1.165, 1.54) is 0 Å². The summed E-state index contributed by atoms with van der Waals surface area (Å²) < 4.78 is 6.15. The summed E-state index contributed by atoms with van der Waals surface area (Å²) in [6.45, 7) is 8.08. The van der Waals surface area contributed by atoms with Gasteiger partial charge in [0.1, 0.15) is 28.4 Å². The highest BCUT2D eigenvalue weighted by molar-refractivity contribution is 7.13. The number of hydrogen-bond acceptors (Lipinski definition) is 7. The predicted molar refractivity (Wildman–Crippen MR) is 140 cm³/mol. The molecule has 2 N–H and O–H groups in total. The average molecular weight is 478 g/mol. The van der Waals surface area contributed by atoms with Gasteiger partial charge in [0.15, 0.2) is 0 Å². The number of nitrogens with one attached hydrogen (secondary N) is 2. The average Bonchev–Trinajstić information content (AvgIpc) is 3.29. The summed E-state index contributed by atoms with van der Waals surface area (Å²) in [7, 11) is 2.14. The van der Waals surface area contributed by atoms with Crippen molar-refractivity contribution in [3.63, 3.8) is 0 Å². The second kappa shape index (κ2) is 10.8. The molecule has 0 saturated carbocycles. The van der Waals surface area contributed by atoms with Crippen molar-refractivity contribution in [1.82, 2.24) is 19.9 Å². The molecule has 34 heavy (non-hydrogen) atoms. The van der Waals surface area contributed by atoms with Crippen LogP contribution < -0.4 is 15.6 Å². The van der Waals surface area contributed by atoms with E-state index in [4.69, 9.17) is 9.72 Å². The van der Waals surface area contributed by atoms with E-state index in [-0.39, 0.29) is 11.7 Å². The normalized spacial score (nSPS) is 14.5. The van der Waals surface area contributed by atoms with Gasteiger partial charge in [0, 0.05) is 36.0 Å². The first kappa shape index (κ1) is 23.9. The third kappa shape index (κ3) is 5.46. The Bertz CT molecular complexity index is 1290. The molecule has 178 valence electrons. The van der Waals surface area contributed by atoms with Crippen LogP contribution in [0.5, 0.6) is 5.75 Å². The number of aryl methyl sites for hydroxylation is 1. The van der Waals surface area contributed by atoms with Gasteiger partial charge in [-0.2, -0.15) is 0 Å². The molecule has 0 unspecified atom stereocenters. The molecule has 1 saturated heterocycles. The van der Waals surface area contributed by atoms with E-state index in [0.717, 1.165) is 59.1 Å². The van der Waals surface area contributed by atoms with Gasteiger partial charge in [0.25, 0.3) is 5.56 Å². The molecule has 7 nitrogen and oxygen atoms in total. The molecule has 4 heterocycles. The third-order valence-corrected chi connectivity index (χ3v) is 6.66. The minimum Gasteiger partial charge on any atom is -0.490 e. The smallest absolute Gasteiger partial charge is 0.259 e. The van der Waals surface area contributed by atoms with Crippen molar-refractivity contribution in [2.45, 2.75) is 39.7 Å². The number of nitrogens with zero attached hydrogens (tertiary/aromatic N) is 3. The Labute approximate surface area is 203 Å². The summed E-state index contributed by atoms with van der Waals surface area (Å²) >= 11 is 1.54. The van der Waals surface area contributed by atoms with Crippen molar-refractivity contribution in [3.8, 4) is 16.5 Å². The first-order chi connectivity index (χ1) is 16.5. The molecule has 1 aliphatic heterocycles. The molecular formula is C26H31N5O2S. The molecule has 1 aromatic carbocycles. The van der Waals surface area contributed by atoms with Crippen LogP contribution in [0.3, 0.4) is 0 Å². The Hall–Kier alpha value is -3.23. The molecule has 0 radical (unpaired) electrons. The van der Waals surface area contributed by atoms with Crippen LogP contribution in [0.15, 0.2) is 52.8 Å². The van der Waals surface area contributed by atoms with Gasteiger partial charge in [0.05, 0.1) is 5.39 Å². The number of H-pyrrole nitrogens is 1. The summed E-state index contributed by atoms with van der Waals surface area (Å²) in [5.74, 6) is 1.36. The Kier molecular flexibility index (Phi) is 7.59. The summed E-state index contributed by atoms with van der Waals surface area (Å²) in [6.07, 6.45) is 3.99. The van der Waals surface area contributed by atoms with Gasteiger partial charge in [-0.15, -0.1) is 11.3 Å². The van der Waals surface area contributed by atoms with E-state index >= 15 is 0 Å². The maximum Gasteiger partial charge on any atom is 0.259 e. The fourth-order valence-corrected chi connectivity index (χ4v) is 4.69. The Balaban J connectivity index is 0.00000133. The lowest BCUT2D eigenvalue weighted by Gasteiger charge is -2.29. The molecule has 0 bridgehead atoms. The van der Waals surface area contributed by atoms with Crippen molar-refractivity contribution in [3.05, 3.63) is 64.0 Å². The number of benzene rings is 1. The van der Waals surface area contributed by atoms with Crippen LogP contribution in [0.2, 0.25) is 0 Å². The zero-order valence-corrected chi connectivity index (χ0v) is 20.9. The monoisotopic (exact) mass is 477 g/mol. The zero-order chi connectivity index (χ0) is 24.1. The van der Waals surface area contributed by atoms with Gasteiger partial charge in [-0.05, 0) is 68.6 Å². The molecule has 0 atom stereocenters. The van der Waals surface area contributed by atoms with Crippen molar-refractivity contribution in [1.29, 1.82) is 0 Å². The Morgan fingerprint density at radius 3 is 2.53 bits per heavy atom. The highest BCUT2D eigenvalue weighted by Crippen LogP contribution is 2.30. The van der Waals surface area contributed by atoms with Gasteiger partial charge in [-0.3, -0.25) is 4.79 Å². The first-order valence-electron chi connectivity index (χ1n) is 11.7. The number of hydrogen-bond donors (Lipinski definition) is 2. The largest absolute Gasteiger partial charge is 0.490 e. The molecule has 0 amide bonds. The molecule has 3 aromatic heterocycles. The van der Waals surface area contributed by atoms with Crippen LogP contribution >= 0.6 is 11.3 Å². The topological polar surface area (TPSA) is 83.1 Å². The minimum atomic E-state index is -0.179. The summed E-state index contributed by atoms with van der Waals surface area (Å²) in [6, 6.07) is 11.6. The fourth-order valence-electron chi connectivity index (χ4n) is 3.93. The molecule has 1 fully saturated rings. The molecule has 0 aliphatic carbocycles. The number of fused-ring (bicyclic) bond motifs is 1. The number of ether oxygens (including phenoxy) is 1. The van der Waals surface area contributed by atoms with Crippen LogP contribution in [-0.4, -0.2) is 46.1 Å². The number of aromatic nitrogens is 3. The molecule has 4 aromatic rings. The maximum atomic E-state index is 12.6. The number of aromatic amines is 1. The van der Waals surface area contributed by atoms with Gasteiger partial charge >= 0.3 is 0 Å². The summed E-state index contributed by atoms with van der Waals surface area (Å²) in [5.41, 5.74) is 2.35. The second-order valence-corrected chi connectivity index (χ2v) is 9.05. The molecule has 5 rings (SSSR count). The fraction of sp³-hybridized carbons (Fsp3) is 0.346. The van der Waals surface area contributed by atoms with E-state index in [2.05, 4.69) is 27.2 Å². The van der Waals surface area contributed by atoms with Gasteiger partial charge in [-0.25, -0.2) is 9.97 Å². The molecule has 1 aliphatic rings.